The zero-order valence-electron chi connectivity index (χ0n) is 9.85. The second-order valence-electron chi connectivity index (χ2n) is 3.61. The number of hydrogen-bond acceptors (Lipinski definition) is 2. The van der Waals surface area contributed by atoms with Gasteiger partial charge < -0.3 is 10.0 Å². The van der Waals surface area contributed by atoms with Gasteiger partial charge in [-0.15, -0.1) is 23.2 Å². The Hall–Kier alpha value is -1.19. The Balaban J connectivity index is 3.00. The molecule has 0 fully saturated rings. The van der Waals surface area contributed by atoms with Gasteiger partial charge in [0.2, 0.25) is 0 Å². The van der Waals surface area contributed by atoms with Gasteiger partial charge in [-0.2, -0.15) is 0 Å². The summed E-state index contributed by atoms with van der Waals surface area (Å²) in [5.41, 5.74) is 1.05. The van der Waals surface area contributed by atoms with Crippen molar-refractivity contribution >= 4 is 35.2 Å². The molecule has 0 spiro atoms. The maximum absolute atomic E-state index is 11.3. The largest absolute Gasteiger partial charge is 0.477 e. The van der Waals surface area contributed by atoms with Gasteiger partial charge in [-0.25, -0.2) is 4.79 Å². The number of alkyl halides is 2. The van der Waals surface area contributed by atoms with Crippen LogP contribution in [0, 0.1) is 0 Å². The van der Waals surface area contributed by atoms with Gasteiger partial charge in [0.05, 0.1) is 0 Å². The van der Waals surface area contributed by atoms with E-state index in [2.05, 4.69) is 0 Å². The molecule has 1 aromatic carbocycles. The second kappa shape index (κ2) is 8.01. The lowest BCUT2D eigenvalue weighted by Gasteiger charge is -2.23. The molecule has 18 heavy (non-hydrogen) atoms. The zero-order chi connectivity index (χ0) is 13.4. The molecule has 0 amide bonds. The Morgan fingerprint density at radius 3 is 2.17 bits per heavy atom. The predicted octanol–water partition coefficient (Wildman–Crippen LogP) is 2.89. The number of benzene rings is 1. The minimum Gasteiger partial charge on any atom is -0.477 e. The molecule has 1 N–H and O–H groups in total. The summed E-state index contributed by atoms with van der Waals surface area (Å²) in [6.07, 6.45) is 1.63. The van der Waals surface area contributed by atoms with Crippen LogP contribution in [0.3, 0.4) is 0 Å². The molecule has 0 bridgehead atoms. The van der Waals surface area contributed by atoms with Crippen LogP contribution in [0.25, 0.3) is 6.08 Å². The van der Waals surface area contributed by atoms with Gasteiger partial charge in [0.1, 0.15) is 5.70 Å². The van der Waals surface area contributed by atoms with Crippen LogP contribution in [0.4, 0.5) is 0 Å². The molecule has 0 aliphatic carbocycles. The Bertz CT molecular complexity index is 401. The van der Waals surface area contributed by atoms with Crippen LogP contribution >= 0.6 is 23.2 Å². The molecule has 0 unspecified atom stereocenters. The molecule has 3 nitrogen and oxygen atoms in total. The number of aliphatic carboxylic acids is 1. The molecule has 98 valence electrons. The highest BCUT2D eigenvalue weighted by Gasteiger charge is 2.15. The quantitative estimate of drug-likeness (QED) is 0.619. The summed E-state index contributed by atoms with van der Waals surface area (Å²) in [5.74, 6) is -0.263. The summed E-state index contributed by atoms with van der Waals surface area (Å²) in [6, 6.07) is 9.30. The molecule has 5 heteroatoms. The third-order valence-electron chi connectivity index (χ3n) is 2.37. The number of carbonyl (C=O) groups is 1. The van der Waals surface area contributed by atoms with Crippen molar-refractivity contribution in [1.29, 1.82) is 0 Å². The van der Waals surface area contributed by atoms with E-state index in [1.165, 1.54) is 0 Å². The first-order valence-electron chi connectivity index (χ1n) is 5.56. The molecule has 0 heterocycles. The Morgan fingerprint density at radius 2 is 1.72 bits per heavy atom. The molecule has 0 saturated heterocycles. The number of hydrogen-bond donors (Lipinski definition) is 1. The lowest BCUT2D eigenvalue weighted by atomic mass is 10.2. The van der Waals surface area contributed by atoms with Crippen molar-refractivity contribution in [3.8, 4) is 0 Å². The average Bonchev–Trinajstić information content (AvgIpc) is 2.37. The van der Waals surface area contributed by atoms with Gasteiger partial charge in [0, 0.05) is 24.8 Å². The SMILES string of the molecule is O=C(O)C(=Cc1ccccc1)N(CCCl)CCCl. The maximum Gasteiger partial charge on any atom is 0.352 e. The van der Waals surface area contributed by atoms with Crippen LogP contribution in [0.15, 0.2) is 36.0 Å². The van der Waals surface area contributed by atoms with Crippen molar-refractivity contribution in [2.24, 2.45) is 0 Å². The van der Waals surface area contributed by atoms with Crippen molar-refractivity contribution in [2.45, 2.75) is 0 Å². The van der Waals surface area contributed by atoms with E-state index in [4.69, 9.17) is 23.2 Å². The average molecular weight is 288 g/mol. The molecule has 0 radical (unpaired) electrons. The van der Waals surface area contributed by atoms with Crippen molar-refractivity contribution in [3.63, 3.8) is 0 Å². The minimum atomic E-state index is -0.978. The van der Waals surface area contributed by atoms with Crippen LogP contribution in [-0.4, -0.2) is 40.8 Å². The van der Waals surface area contributed by atoms with Gasteiger partial charge >= 0.3 is 5.97 Å². The van der Waals surface area contributed by atoms with Gasteiger partial charge in [-0.3, -0.25) is 0 Å². The van der Waals surface area contributed by atoms with Crippen molar-refractivity contribution in [2.75, 3.05) is 24.8 Å². The molecule has 0 aliphatic heterocycles. The molecular formula is C13H15Cl2NO2. The fourth-order valence-electron chi connectivity index (χ4n) is 1.55. The Labute approximate surface area is 117 Å². The Morgan fingerprint density at radius 1 is 1.17 bits per heavy atom. The number of halogens is 2. The third-order valence-corrected chi connectivity index (χ3v) is 2.71. The van der Waals surface area contributed by atoms with E-state index < -0.39 is 5.97 Å². The first-order valence-corrected chi connectivity index (χ1v) is 6.63. The topological polar surface area (TPSA) is 40.5 Å². The molecule has 0 aliphatic rings. The predicted molar refractivity (Wildman–Crippen MR) is 75.1 cm³/mol. The molecule has 1 aromatic rings. The lowest BCUT2D eigenvalue weighted by molar-refractivity contribution is -0.134. The number of nitrogens with zero attached hydrogens (tertiary/aromatic N) is 1. The summed E-state index contributed by atoms with van der Waals surface area (Å²) in [7, 11) is 0. The summed E-state index contributed by atoms with van der Waals surface area (Å²) < 4.78 is 0. The summed E-state index contributed by atoms with van der Waals surface area (Å²) in [6.45, 7) is 0.915. The van der Waals surface area contributed by atoms with Crippen LogP contribution in [0.5, 0.6) is 0 Å². The molecule has 0 atom stereocenters. The second-order valence-corrected chi connectivity index (χ2v) is 4.37. The standard InChI is InChI=1S/C13H15Cl2NO2/c14-6-8-16(9-7-15)12(13(17)18)10-11-4-2-1-3-5-11/h1-5,10H,6-9H2,(H,17,18). The lowest BCUT2D eigenvalue weighted by Crippen LogP contribution is -2.31. The summed E-state index contributed by atoms with van der Waals surface area (Å²) >= 11 is 11.4. The fraction of sp³-hybridized carbons (Fsp3) is 0.308. The fourth-order valence-corrected chi connectivity index (χ4v) is 1.96. The highest BCUT2D eigenvalue weighted by Crippen LogP contribution is 2.12. The molecule has 0 aromatic heterocycles. The van der Waals surface area contributed by atoms with E-state index in [9.17, 15) is 9.90 Å². The monoisotopic (exact) mass is 287 g/mol. The van der Waals surface area contributed by atoms with E-state index in [0.717, 1.165) is 5.56 Å². The molecular weight excluding hydrogens is 273 g/mol. The van der Waals surface area contributed by atoms with E-state index >= 15 is 0 Å². The van der Waals surface area contributed by atoms with E-state index in [-0.39, 0.29) is 5.70 Å². The normalized spacial score (nSPS) is 11.3. The summed E-state index contributed by atoms with van der Waals surface area (Å²) in [4.78, 5) is 13.0. The first-order chi connectivity index (χ1) is 8.69. The number of carboxylic acids is 1. The van der Waals surface area contributed by atoms with Crippen LogP contribution in [0.1, 0.15) is 5.56 Å². The summed E-state index contributed by atoms with van der Waals surface area (Å²) in [5, 5.41) is 9.26. The minimum absolute atomic E-state index is 0.211. The van der Waals surface area contributed by atoms with Crippen molar-refractivity contribution < 1.29 is 9.90 Å². The molecule has 0 saturated carbocycles. The van der Waals surface area contributed by atoms with E-state index in [0.29, 0.717) is 24.8 Å². The smallest absolute Gasteiger partial charge is 0.352 e. The highest BCUT2D eigenvalue weighted by molar-refractivity contribution is 6.18. The maximum atomic E-state index is 11.3. The van der Waals surface area contributed by atoms with Gasteiger partial charge in [0.25, 0.3) is 0 Å². The van der Waals surface area contributed by atoms with Crippen molar-refractivity contribution in [1.82, 2.24) is 4.90 Å². The van der Waals surface area contributed by atoms with Crippen LogP contribution < -0.4 is 0 Å². The van der Waals surface area contributed by atoms with E-state index in [1.807, 2.05) is 30.3 Å². The van der Waals surface area contributed by atoms with E-state index in [1.54, 1.807) is 11.0 Å². The van der Waals surface area contributed by atoms with Crippen LogP contribution in [0.2, 0.25) is 0 Å². The van der Waals surface area contributed by atoms with Crippen LogP contribution in [-0.2, 0) is 4.79 Å². The first kappa shape index (κ1) is 14.9. The zero-order valence-corrected chi connectivity index (χ0v) is 11.4. The van der Waals surface area contributed by atoms with Gasteiger partial charge in [0.15, 0.2) is 0 Å². The van der Waals surface area contributed by atoms with Gasteiger partial charge in [-0.05, 0) is 11.6 Å². The highest BCUT2D eigenvalue weighted by atomic mass is 35.5. The number of carboxylic acid groups (broad SMARTS) is 1. The Kier molecular flexibility index (Phi) is 6.61. The van der Waals surface area contributed by atoms with Crippen molar-refractivity contribution in [3.05, 3.63) is 41.6 Å². The number of rotatable bonds is 7. The van der Waals surface area contributed by atoms with Gasteiger partial charge in [-0.1, -0.05) is 30.3 Å². The molecule has 1 rings (SSSR count). The third kappa shape index (κ3) is 4.59.